The third-order valence-corrected chi connectivity index (χ3v) is 3.07. The third kappa shape index (κ3) is 1.12. The molecule has 1 aromatic rings. The summed E-state index contributed by atoms with van der Waals surface area (Å²) in [6.45, 7) is 0. The maximum Gasteiger partial charge on any atom is 0.174 e. The molecule has 0 saturated carbocycles. The Morgan fingerprint density at radius 3 is 3.00 bits per heavy atom. The fourth-order valence-corrected chi connectivity index (χ4v) is 2.33. The molecule has 0 radical (unpaired) electrons. The van der Waals surface area contributed by atoms with Gasteiger partial charge in [0.1, 0.15) is 0 Å². The summed E-state index contributed by atoms with van der Waals surface area (Å²) in [6.07, 6.45) is 3.37. The summed E-state index contributed by atoms with van der Waals surface area (Å²) < 4.78 is 0. The van der Waals surface area contributed by atoms with E-state index in [0.29, 0.717) is 5.13 Å². The van der Waals surface area contributed by atoms with Crippen molar-refractivity contribution in [2.75, 3.05) is 12.1 Å². The number of rotatable bonds is 1. The van der Waals surface area contributed by atoms with E-state index in [9.17, 15) is 5.21 Å². The zero-order valence-corrected chi connectivity index (χ0v) is 7.15. The molecule has 0 fully saturated rings. The molecule has 0 saturated heterocycles. The van der Waals surface area contributed by atoms with Gasteiger partial charge in [-0.05, 0) is 26.3 Å². The Kier molecular flexibility index (Phi) is 1.58. The summed E-state index contributed by atoms with van der Waals surface area (Å²) in [5.74, 6) is 0. The lowest BCUT2D eigenvalue weighted by Crippen LogP contribution is -2.05. The zero-order chi connectivity index (χ0) is 7.84. The van der Waals surface area contributed by atoms with E-state index in [4.69, 9.17) is 0 Å². The van der Waals surface area contributed by atoms with Crippen molar-refractivity contribution in [1.29, 1.82) is 0 Å². The minimum atomic E-state index is 0.606. The Bertz CT molecular complexity index is 248. The van der Waals surface area contributed by atoms with Crippen molar-refractivity contribution in [2.45, 2.75) is 19.3 Å². The second-order valence-electron chi connectivity index (χ2n) is 2.72. The maximum atomic E-state index is 10.8. The second-order valence-corrected chi connectivity index (χ2v) is 3.78. The lowest BCUT2D eigenvalue weighted by Gasteiger charge is -2.20. The number of anilines is 1. The van der Waals surface area contributed by atoms with E-state index in [-0.39, 0.29) is 0 Å². The summed E-state index contributed by atoms with van der Waals surface area (Å²) in [5, 5.41) is 12.3. The van der Waals surface area contributed by atoms with Crippen LogP contribution in [0.3, 0.4) is 0 Å². The van der Waals surface area contributed by atoms with Gasteiger partial charge in [-0.3, -0.25) is 0 Å². The fourth-order valence-electron chi connectivity index (χ4n) is 1.31. The van der Waals surface area contributed by atoms with Gasteiger partial charge in [-0.2, -0.15) is 0 Å². The molecule has 0 aliphatic heterocycles. The molecule has 0 bridgehead atoms. The Morgan fingerprint density at radius 2 is 2.36 bits per heavy atom. The second kappa shape index (κ2) is 2.46. The molecule has 0 amide bonds. The largest absolute Gasteiger partial charge is 0.757 e. The molecule has 1 aromatic heterocycles. The molecular formula is C7H9N2OS-. The monoisotopic (exact) mass is 169 g/mol. The van der Waals surface area contributed by atoms with Crippen molar-refractivity contribution in [3.63, 3.8) is 0 Å². The quantitative estimate of drug-likeness (QED) is 0.599. The molecule has 0 aromatic carbocycles. The van der Waals surface area contributed by atoms with E-state index < -0.39 is 0 Å². The van der Waals surface area contributed by atoms with Crippen LogP contribution < -0.4 is 5.06 Å². The Labute approximate surface area is 69.3 Å². The van der Waals surface area contributed by atoms with Crippen molar-refractivity contribution < 1.29 is 0 Å². The highest BCUT2D eigenvalue weighted by molar-refractivity contribution is 7.15. The topological polar surface area (TPSA) is 39.2 Å². The zero-order valence-electron chi connectivity index (χ0n) is 6.33. The minimum absolute atomic E-state index is 0.606. The Hall–Kier alpha value is -0.610. The van der Waals surface area contributed by atoms with Gasteiger partial charge >= 0.3 is 0 Å². The van der Waals surface area contributed by atoms with Crippen LogP contribution in [0.4, 0.5) is 5.13 Å². The average molecular weight is 169 g/mol. The van der Waals surface area contributed by atoms with Gasteiger partial charge in [0, 0.05) is 4.88 Å². The summed E-state index contributed by atoms with van der Waals surface area (Å²) >= 11 is 1.53. The molecule has 60 valence electrons. The molecule has 3 nitrogen and oxygen atoms in total. The van der Waals surface area contributed by atoms with Gasteiger partial charge in [0.2, 0.25) is 0 Å². The Morgan fingerprint density at radius 1 is 1.55 bits per heavy atom. The highest BCUT2D eigenvalue weighted by atomic mass is 32.1. The van der Waals surface area contributed by atoms with E-state index in [0.717, 1.165) is 23.6 Å². The van der Waals surface area contributed by atoms with Crippen LogP contribution in [0, 0.1) is 5.21 Å². The number of nitrogens with zero attached hydrogens (tertiary/aromatic N) is 2. The van der Waals surface area contributed by atoms with Crippen LogP contribution >= 0.6 is 11.3 Å². The van der Waals surface area contributed by atoms with Gasteiger partial charge < -0.3 is 10.3 Å². The average Bonchev–Trinajstić information content (AvgIpc) is 2.40. The fraction of sp³-hybridized carbons (Fsp3) is 0.571. The predicted octanol–water partition coefficient (Wildman–Crippen LogP) is 1.57. The van der Waals surface area contributed by atoms with Crippen molar-refractivity contribution in [3.8, 4) is 0 Å². The molecule has 1 heterocycles. The third-order valence-electron chi connectivity index (χ3n) is 1.85. The van der Waals surface area contributed by atoms with Gasteiger partial charge in [-0.25, -0.2) is 4.98 Å². The molecule has 1 aliphatic carbocycles. The van der Waals surface area contributed by atoms with Gasteiger partial charge in [0.05, 0.1) is 5.69 Å². The number of hydrogen-bond acceptors (Lipinski definition) is 4. The van der Waals surface area contributed by atoms with Crippen LogP contribution in [0.5, 0.6) is 0 Å². The van der Waals surface area contributed by atoms with Crippen molar-refractivity contribution in [3.05, 3.63) is 15.8 Å². The summed E-state index contributed by atoms with van der Waals surface area (Å²) in [4.78, 5) is 5.53. The summed E-state index contributed by atoms with van der Waals surface area (Å²) in [7, 11) is 1.49. The van der Waals surface area contributed by atoms with Crippen LogP contribution in [0.1, 0.15) is 17.0 Å². The first-order valence-corrected chi connectivity index (χ1v) is 4.48. The number of aryl methyl sites for hydroxylation is 2. The van der Waals surface area contributed by atoms with Gasteiger partial charge in [-0.1, -0.05) is 0 Å². The van der Waals surface area contributed by atoms with E-state index in [1.165, 1.54) is 29.7 Å². The minimum Gasteiger partial charge on any atom is -0.757 e. The van der Waals surface area contributed by atoms with Crippen molar-refractivity contribution in [1.82, 2.24) is 4.98 Å². The highest BCUT2D eigenvalue weighted by Gasteiger charge is 2.15. The molecule has 1 aliphatic rings. The van der Waals surface area contributed by atoms with Gasteiger partial charge in [0.15, 0.2) is 5.13 Å². The number of thiazole rings is 1. The van der Waals surface area contributed by atoms with Crippen LogP contribution in [0.15, 0.2) is 0 Å². The number of hydrogen-bond donors (Lipinski definition) is 0. The Balaban J connectivity index is 2.34. The highest BCUT2D eigenvalue weighted by Crippen LogP contribution is 2.31. The molecule has 2 rings (SSSR count). The van der Waals surface area contributed by atoms with E-state index >= 15 is 0 Å². The maximum absolute atomic E-state index is 10.8. The predicted molar refractivity (Wildman–Crippen MR) is 45.9 cm³/mol. The van der Waals surface area contributed by atoms with Crippen molar-refractivity contribution >= 4 is 16.5 Å². The molecule has 4 heteroatoms. The lowest BCUT2D eigenvalue weighted by molar-refractivity contribution is 0.898. The number of hydroxylamine groups is 1. The first-order chi connectivity index (χ1) is 5.27. The van der Waals surface area contributed by atoms with E-state index in [2.05, 4.69) is 4.98 Å². The van der Waals surface area contributed by atoms with E-state index in [1.54, 1.807) is 0 Å². The SMILES string of the molecule is CN([O-])c1nc2c(s1)CCC2. The van der Waals surface area contributed by atoms with Crippen LogP contribution in [0.2, 0.25) is 0 Å². The van der Waals surface area contributed by atoms with Crippen LogP contribution in [-0.2, 0) is 12.8 Å². The summed E-state index contributed by atoms with van der Waals surface area (Å²) in [5.41, 5.74) is 1.15. The molecule has 0 unspecified atom stereocenters. The first kappa shape index (κ1) is 7.06. The molecule has 0 spiro atoms. The van der Waals surface area contributed by atoms with Crippen molar-refractivity contribution in [2.24, 2.45) is 0 Å². The molecule has 0 atom stereocenters. The molecule has 0 N–H and O–H groups in total. The first-order valence-electron chi connectivity index (χ1n) is 3.67. The molecular weight excluding hydrogens is 160 g/mol. The standard InChI is InChI=1S/C7H9N2OS/c1-9(10)7-8-5-3-2-4-6(5)11-7/h2-4H2,1H3/q-1. The lowest BCUT2D eigenvalue weighted by atomic mass is 10.4. The van der Waals surface area contributed by atoms with Crippen LogP contribution in [-0.4, -0.2) is 12.0 Å². The van der Waals surface area contributed by atoms with Crippen LogP contribution in [0.25, 0.3) is 0 Å². The number of aromatic nitrogens is 1. The smallest absolute Gasteiger partial charge is 0.174 e. The number of fused-ring (bicyclic) bond motifs is 1. The van der Waals surface area contributed by atoms with Gasteiger partial charge in [-0.15, -0.1) is 11.3 Å². The van der Waals surface area contributed by atoms with Gasteiger partial charge in [0.25, 0.3) is 0 Å². The molecule has 11 heavy (non-hydrogen) atoms. The van der Waals surface area contributed by atoms with E-state index in [1.807, 2.05) is 0 Å². The normalized spacial score (nSPS) is 15.1. The summed E-state index contributed by atoms with van der Waals surface area (Å²) in [6, 6.07) is 0.